The number of unbranched alkanes of at least 4 members (excludes halogenated alkanes) is 3. The van der Waals surface area contributed by atoms with Crippen molar-refractivity contribution in [3.63, 3.8) is 0 Å². The van der Waals surface area contributed by atoms with E-state index in [2.05, 4.69) is 9.97 Å². The van der Waals surface area contributed by atoms with E-state index in [9.17, 15) is 14.4 Å². The average Bonchev–Trinajstić information content (AvgIpc) is 3.32. The first-order chi connectivity index (χ1) is 17.5. The van der Waals surface area contributed by atoms with Crippen LogP contribution in [0.25, 0.3) is 22.4 Å². The van der Waals surface area contributed by atoms with Crippen LogP contribution in [-0.4, -0.2) is 47.7 Å². The van der Waals surface area contributed by atoms with Gasteiger partial charge in [-0.2, -0.15) is 0 Å². The minimum Gasteiger partial charge on any atom is -0.462 e. The molecule has 8 heteroatoms. The number of hydrogen-bond donors (Lipinski definition) is 1. The number of imidazole rings is 1. The Bertz CT molecular complexity index is 1190. The third-order valence-electron chi connectivity index (χ3n) is 5.65. The number of ether oxygens (including phenoxy) is 3. The van der Waals surface area contributed by atoms with Gasteiger partial charge in [0.05, 0.1) is 36.5 Å². The Morgan fingerprint density at radius 1 is 0.750 bits per heavy atom. The van der Waals surface area contributed by atoms with Gasteiger partial charge in [-0.25, -0.2) is 19.4 Å². The largest absolute Gasteiger partial charge is 0.462 e. The third-order valence-corrected chi connectivity index (χ3v) is 5.65. The van der Waals surface area contributed by atoms with Crippen LogP contribution in [0.3, 0.4) is 0 Å². The van der Waals surface area contributed by atoms with Crippen molar-refractivity contribution in [2.24, 2.45) is 0 Å². The number of nitrogens with zero attached hydrogens (tertiary/aromatic N) is 1. The van der Waals surface area contributed by atoms with Gasteiger partial charge in [0.2, 0.25) is 0 Å². The summed E-state index contributed by atoms with van der Waals surface area (Å²) in [5.41, 5.74) is 1.13. The lowest BCUT2D eigenvalue weighted by atomic mass is 9.98. The van der Waals surface area contributed by atoms with E-state index < -0.39 is 17.9 Å². The molecular weight excluding hydrogens is 460 g/mol. The van der Waals surface area contributed by atoms with Crippen LogP contribution in [0.5, 0.6) is 0 Å². The maximum absolute atomic E-state index is 13.3. The van der Waals surface area contributed by atoms with Crippen molar-refractivity contribution in [3.05, 3.63) is 53.1 Å². The van der Waals surface area contributed by atoms with Gasteiger partial charge in [-0.05, 0) is 25.3 Å². The zero-order valence-corrected chi connectivity index (χ0v) is 21.2. The van der Waals surface area contributed by atoms with Gasteiger partial charge in [0, 0.05) is 5.56 Å². The Kier molecular flexibility index (Phi) is 10.0. The summed E-state index contributed by atoms with van der Waals surface area (Å²) in [5, 5.41) is 0. The highest BCUT2D eigenvalue weighted by molar-refractivity contribution is 6.17. The maximum atomic E-state index is 13.3. The molecular formula is C28H34N2O6. The van der Waals surface area contributed by atoms with Crippen LogP contribution in [0.2, 0.25) is 0 Å². The van der Waals surface area contributed by atoms with Crippen LogP contribution in [0.4, 0.5) is 0 Å². The molecule has 0 amide bonds. The summed E-state index contributed by atoms with van der Waals surface area (Å²) in [6.45, 7) is 6.49. The number of aromatic amines is 1. The molecule has 1 N–H and O–H groups in total. The summed E-state index contributed by atoms with van der Waals surface area (Å²) < 4.78 is 16.4. The number of benzene rings is 2. The maximum Gasteiger partial charge on any atom is 0.341 e. The molecule has 36 heavy (non-hydrogen) atoms. The van der Waals surface area contributed by atoms with E-state index in [0.717, 1.165) is 24.8 Å². The molecule has 2 aromatic carbocycles. The first-order valence-electron chi connectivity index (χ1n) is 12.6. The van der Waals surface area contributed by atoms with Crippen molar-refractivity contribution >= 4 is 28.9 Å². The second kappa shape index (κ2) is 13.4. The van der Waals surface area contributed by atoms with Gasteiger partial charge in [0.25, 0.3) is 0 Å². The summed E-state index contributed by atoms with van der Waals surface area (Å²) in [6, 6.07) is 10.9. The van der Waals surface area contributed by atoms with Crippen LogP contribution in [0.15, 0.2) is 36.4 Å². The molecule has 0 aliphatic carbocycles. The number of fused-ring (bicyclic) bond motifs is 1. The van der Waals surface area contributed by atoms with Crippen molar-refractivity contribution in [3.8, 4) is 11.4 Å². The smallest absolute Gasteiger partial charge is 0.341 e. The average molecular weight is 495 g/mol. The summed E-state index contributed by atoms with van der Waals surface area (Å²) in [6.07, 6.45) is 4.50. The molecule has 0 unspecified atom stereocenters. The van der Waals surface area contributed by atoms with Gasteiger partial charge in [-0.3, -0.25) is 0 Å². The molecule has 0 bridgehead atoms. The van der Waals surface area contributed by atoms with E-state index in [4.69, 9.17) is 14.2 Å². The zero-order valence-electron chi connectivity index (χ0n) is 21.2. The van der Waals surface area contributed by atoms with Gasteiger partial charge in [-0.15, -0.1) is 0 Å². The molecule has 3 aromatic rings. The lowest BCUT2D eigenvalue weighted by molar-refractivity contribution is 0.0433. The van der Waals surface area contributed by atoms with Gasteiger partial charge in [0.1, 0.15) is 16.9 Å². The van der Waals surface area contributed by atoms with Crippen LogP contribution in [0, 0.1) is 0 Å². The van der Waals surface area contributed by atoms with E-state index in [-0.39, 0.29) is 42.0 Å². The topological polar surface area (TPSA) is 108 Å². The van der Waals surface area contributed by atoms with Gasteiger partial charge in [0.15, 0.2) is 0 Å². The first-order valence-corrected chi connectivity index (χ1v) is 12.6. The monoisotopic (exact) mass is 494 g/mol. The molecule has 0 spiro atoms. The lowest BCUT2D eigenvalue weighted by Gasteiger charge is -2.14. The standard InChI is InChI=1S/C28H34N2O6/c1-4-7-15-34-26(31)20-18-21-24(30-25(29-21)19-13-11-10-12-14-19)23(28(33)36-17-9-6-3)22(20)27(32)35-16-8-5-2/h10-14,18H,4-9,15-17H2,1-3H3,(H,29,30). The van der Waals surface area contributed by atoms with Crippen LogP contribution >= 0.6 is 0 Å². The number of nitrogens with one attached hydrogen (secondary N) is 1. The Morgan fingerprint density at radius 3 is 1.83 bits per heavy atom. The highest BCUT2D eigenvalue weighted by Crippen LogP contribution is 2.30. The predicted molar refractivity (Wildman–Crippen MR) is 137 cm³/mol. The minimum absolute atomic E-state index is 0.0502. The van der Waals surface area contributed by atoms with Crippen LogP contribution in [0.1, 0.15) is 90.4 Å². The third kappa shape index (κ3) is 6.50. The molecule has 192 valence electrons. The summed E-state index contributed by atoms with van der Waals surface area (Å²) in [4.78, 5) is 47.5. The van der Waals surface area contributed by atoms with E-state index >= 15 is 0 Å². The van der Waals surface area contributed by atoms with Gasteiger partial charge >= 0.3 is 17.9 Å². The van der Waals surface area contributed by atoms with Crippen molar-refractivity contribution in [1.29, 1.82) is 0 Å². The zero-order chi connectivity index (χ0) is 25.9. The van der Waals surface area contributed by atoms with E-state index in [0.29, 0.717) is 30.6 Å². The second-order valence-electron chi connectivity index (χ2n) is 8.49. The van der Waals surface area contributed by atoms with Crippen molar-refractivity contribution in [1.82, 2.24) is 9.97 Å². The molecule has 0 saturated heterocycles. The van der Waals surface area contributed by atoms with Crippen LogP contribution in [-0.2, 0) is 14.2 Å². The number of rotatable bonds is 13. The van der Waals surface area contributed by atoms with E-state index in [1.165, 1.54) is 6.07 Å². The Balaban J connectivity index is 2.20. The fourth-order valence-electron chi connectivity index (χ4n) is 3.61. The van der Waals surface area contributed by atoms with Gasteiger partial charge in [-0.1, -0.05) is 70.4 Å². The Morgan fingerprint density at radius 2 is 1.28 bits per heavy atom. The molecule has 8 nitrogen and oxygen atoms in total. The van der Waals surface area contributed by atoms with Crippen LogP contribution < -0.4 is 0 Å². The van der Waals surface area contributed by atoms with Crippen molar-refractivity contribution in [2.45, 2.75) is 59.3 Å². The number of esters is 3. The molecule has 3 rings (SSSR count). The second-order valence-corrected chi connectivity index (χ2v) is 8.49. The highest BCUT2D eigenvalue weighted by atomic mass is 16.5. The Labute approximate surface area is 211 Å². The fraction of sp³-hybridized carbons (Fsp3) is 0.429. The molecule has 0 saturated carbocycles. The first kappa shape index (κ1) is 26.9. The van der Waals surface area contributed by atoms with Crippen molar-refractivity contribution < 1.29 is 28.6 Å². The normalized spacial score (nSPS) is 10.9. The molecule has 0 aliphatic heterocycles. The lowest BCUT2D eigenvalue weighted by Crippen LogP contribution is -2.21. The summed E-state index contributed by atoms with van der Waals surface area (Å²) >= 11 is 0. The van der Waals surface area contributed by atoms with Gasteiger partial charge < -0.3 is 19.2 Å². The molecule has 0 fully saturated rings. The molecule has 1 aromatic heterocycles. The molecule has 0 aliphatic rings. The molecule has 1 heterocycles. The van der Waals surface area contributed by atoms with Crippen molar-refractivity contribution in [2.75, 3.05) is 19.8 Å². The molecule has 0 radical (unpaired) electrons. The fourth-order valence-corrected chi connectivity index (χ4v) is 3.61. The number of aromatic nitrogens is 2. The Hall–Kier alpha value is -3.68. The van der Waals surface area contributed by atoms with E-state index in [1.54, 1.807) is 0 Å². The van der Waals surface area contributed by atoms with E-state index in [1.807, 2.05) is 51.1 Å². The minimum atomic E-state index is -0.778. The number of H-pyrrole nitrogens is 1. The number of carbonyl (C=O) groups excluding carboxylic acids is 3. The number of carbonyl (C=O) groups is 3. The predicted octanol–water partition coefficient (Wildman–Crippen LogP) is 6.10. The number of hydrogen-bond acceptors (Lipinski definition) is 7. The SMILES string of the molecule is CCCCOC(=O)c1cc2[nH]c(-c3ccccc3)nc2c(C(=O)OCCCC)c1C(=O)OCCCC. The summed E-state index contributed by atoms with van der Waals surface area (Å²) in [7, 11) is 0. The highest BCUT2D eigenvalue weighted by Gasteiger charge is 2.32. The summed E-state index contributed by atoms with van der Waals surface area (Å²) in [5.74, 6) is -1.72. The molecule has 0 atom stereocenters. The quantitative estimate of drug-likeness (QED) is 0.174.